The van der Waals surface area contributed by atoms with E-state index in [0.717, 1.165) is 0 Å². The molecule has 0 aliphatic rings. The van der Waals surface area contributed by atoms with Crippen LogP contribution in [0.2, 0.25) is 0 Å². The minimum atomic E-state index is -0.208. The Kier molecular flexibility index (Phi) is 1.26. The van der Waals surface area contributed by atoms with Gasteiger partial charge in [0, 0.05) is 11.8 Å². The predicted octanol–water partition coefficient (Wildman–Crippen LogP) is -1.98. The Morgan fingerprint density at radius 3 is 2.78 bits per heavy atom. The molecule has 0 spiro atoms. The lowest BCUT2D eigenvalue weighted by atomic mass is 10.1. The smallest absolute Gasteiger partial charge is 0.254 e. The van der Waals surface area contributed by atoms with Gasteiger partial charge in [-0.25, -0.2) is 9.97 Å². The first kappa shape index (κ1) is 5.87. The molecule has 46 valence electrons. The summed E-state index contributed by atoms with van der Waals surface area (Å²) in [5, 5.41) is 8.75. The molecule has 0 radical (unpaired) electrons. The number of hydrogen-bond acceptors (Lipinski definition) is 4. The average Bonchev–Trinajstić information content (AvgIpc) is 1.80. The quantitative estimate of drug-likeness (QED) is 0.392. The van der Waals surface area contributed by atoms with Gasteiger partial charge in [-0.1, -0.05) is 0 Å². The summed E-state index contributed by atoms with van der Waals surface area (Å²) in [4.78, 5) is 7.28. The van der Waals surface area contributed by atoms with E-state index >= 15 is 0 Å². The highest BCUT2D eigenvalue weighted by molar-refractivity contribution is 6.30. The van der Waals surface area contributed by atoms with Crippen molar-refractivity contribution in [1.82, 2.24) is 9.97 Å². The summed E-state index contributed by atoms with van der Waals surface area (Å²) in [6.45, 7) is 0. The maximum Gasteiger partial charge on any atom is 0.254 e. The van der Waals surface area contributed by atoms with Gasteiger partial charge < -0.3 is 10.8 Å². The lowest BCUT2D eigenvalue weighted by molar-refractivity contribution is 0.454. The average molecular weight is 123 g/mol. The van der Waals surface area contributed by atoms with Crippen molar-refractivity contribution >= 4 is 19.3 Å². The molecule has 0 amide bonds. The lowest BCUT2D eigenvalue weighted by Crippen LogP contribution is -2.10. The van der Waals surface area contributed by atoms with Gasteiger partial charge in [0.1, 0.15) is 0 Å². The summed E-state index contributed by atoms with van der Waals surface area (Å²) in [5.74, 6) is -0.129. The van der Waals surface area contributed by atoms with E-state index in [2.05, 4.69) is 9.97 Å². The minimum absolute atomic E-state index is 0.0787. The first-order valence-corrected chi connectivity index (χ1v) is 2.48. The Hall–Kier alpha value is -1.26. The van der Waals surface area contributed by atoms with Crippen LogP contribution in [0.25, 0.3) is 0 Å². The molecule has 0 unspecified atom stereocenters. The van der Waals surface area contributed by atoms with Gasteiger partial charge in [0.2, 0.25) is 0 Å². The van der Waals surface area contributed by atoms with Gasteiger partial charge in [-0.15, -0.1) is 0 Å². The zero-order valence-corrected chi connectivity index (χ0v) is 5.00. The first-order chi connectivity index (χ1) is 4.20. The Bertz CT molecular complexity index is 227. The van der Waals surface area contributed by atoms with Crippen molar-refractivity contribution in [3.05, 3.63) is 6.20 Å². The highest BCUT2D eigenvalue weighted by Crippen LogP contribution is 2.06. The van der Waals surface area contributed by atoms with E-state index in [1.54, 1.807) is 7.85 Å². The SMILES string of the molecule is Bc1cnc(O)c(N)n1. The molecule has 0 aliphatic heterocycles. The molecule has 1 aromatic rings. The maximum absolute atomic E-state index is 8.75. The van der Waals surface area contributed by atoms with Crippen molar-refractivity contribution in [2.45, 2.75) is 0 Å². The second kappa shape index (κ2) is 1.93. The van der Waals surface area contributed by atoms with E-state index in [4.69, 9.17) is 10.8 Å². The van der Waals surface area contributed by atoms with Crippen LogP contribution in [-0.4, -0.2) is 22.9 Å². The summed E-state index contributed by atoms with van der Waals surface area (Å²) in [5.41, 5.74) is 5.90. The van der Waals surface area contributed by atoms with Gasteiger partial charge in [-0.3, -0.25) is 0 Å². The molecule has 4 nitrogen and oxygen atoms in total. The highest BCUT2D eigenvalue weighted by Gasteiger charge is 1.96. The van der Waals surface area contributed by atoms with Crippen LogP contribution in [0.15, 0.2) is 6.20 Å². The molecule has 0 saturated carbocycles. The largest absolute Gasteiger partial charge is 0.491 e. The third-order valence-electron chi connectivity index (χ3n) is 0.900. The number of nitrogens with zero attached hydrogens (tertiary/aromatic N) is 2. The Labute approximate surface area is 53.2 Å². The normalized spacial score (nSPS) is 9.33. The molecule has 1 aromatic heterocycles. The first-order valence-electron chi connectivity index (χ1n) is 2.48. The standard InChI is InChI=1S/C4H6BN3O/c5-2-1-7-4(9)3(6)8-2/h1H,5H2,(H2,6,8)(H,7,9). The van der Waals surface area contributed by atoms with Crippen LogP contribution in [0.3, 0.4) is 0 Å². The van der Waals surface area contributed by atoms with Crippen molar-refractivity contribution in [2.24, 2.45) is 0 Å². The van der Waals surface area contributed by atoms with Crippen LogP contribution in [0.5, 0.6) is 5.88 Å². The fourth-order valence-corrected chi connectivity index (χ4v) is 0.490. The van der Waals surface area contributed by atoms with E-state index in [0.29, 0.717) is 5.59 Å². The Balaban J connectivity index is 3.17. The van der Waals surface area contributed by atoms with Crippen LogP contribution in [0, 0.1) is 0 Å². The van der Waals surface area contributed by atoms with Crippen molar-refractivity contribution in [3.63, 3.8) is 0 Å². The van der Waals surface area contributed by atoms with Crippen molar-refractivity contribution in [1.29, 1.82) is 0 Å². The van der Waals surface area contributed by atoms with Crippen LogP contribution < -0.4 is 11.3 Å². The number of aromatic hydroxyl groups is 1. The molecule has 0 fully saturated rings. The van der Waals surface area contributed by atoms with E-state index in [1.807, 2.05) is 0 Å². The number of rotatable bonds is 0. The van der Waals surface area contributed by atoms with E-state index in [9.17, 15) is 0 Å². The minimum Gasteiger partial charge on any atom is -0.491 e. The van der Waals surface area contributed by atoms with Crippen molar-refractivity contribution < 1.29 is 5.11 Å². The number of nitrogens with two attached hydrogens (primary N) is 1. The molecule has 1 rings (SSSR count). The molecular weight excluding hydrogens is 117 g/mol. The number of hydrogen-bond donors (Lipinski definition) is 2. The van der Waals surface area contributed by atoms with Crippen molar-refractivity contribution in [3.8, 4) is 5.88 Å². The van der Waals surface area contributed by atoms with Gasteiger partial charge in [0.25, 0.3) is 5.88 Å². The third-order valence-corrected chi connectivity index (χ3v) is 0.900. The van der Waals surface area contributed by atoms with Crippen LogP contribution >= 0.6 is 0 Å². The summed E-state index contributed by atoms with van der Waals surface area (Å²) in [6, 6.07) is 0. The van der Waals surface area contributed by atoms with Crippen LogP contribution in [0.4, 0.5) is 5.82 Å². The Morgan fingerprint density at radius 2 is 2.33 bits per heavy atom. The second-order valence-electron chi connectivity index (χ2n) is 1.72. The van der Waals surface area contributed by atoms with Crippen LogP contribution in [-0.2, 0) is 0 Å². The molecule has 5 heteroatoms. The number of anilines is 1. The predicted molar refractivity (Wildman–Crippen MR) is 36.3 cm³/mol. The summed E-state index contributed by atoms with van der Waals surface area (Å²) >= 11 is 0. The molecule has 0 aromatic carbocycles. The Morgan fingerprint density at radius 1 is 1.67 bits per heavy atom. The number of aromatic nitrogens is 2. The van der Waals surface area contributed by atoms with Gasteiger partial charge in [0.15, 0.2) is 13.7 Å². The van der Waals surface area contributed by atoms with Gasteiger partial charge >= 0.3 is 0 Å². The van der Waals surface area contributed by atoms with E-state index in [1.165, 1.54) is 6.20 Å². The summed E-state index contributed by atoms with van der Waals surface area (Å²) in [6.07, 6.45) is 1.45. The van der Waals surface area contributed by atoms with Gasteiger partial charge in [-0.2, -0.15) is 0 Å². The molecule has 9 heavy (non-hydrogen) atoms. The van der Waals surface area contributed by atoms with Crippen molar-refractivity contribution in [2.75, 3.05) is 5.73 Å². The molecule has 0 atom stereocenters. The molecule has 1 heterocycles. The van der Waals surface area contributed by atoms with Gasteiger partial charge in [-0.05, 0) is 0 Å². The van der Waals surface area contributed by atoms with Crippen LogP contribution in [0.1, 0.15) is 0 Å². The molecular formula is C4H6BN3O. The highest BCUT2D eigenvalue weighted by atomic mass is 16.3. The third kappa shape index (κ3) is 1.10. The molecule has 3 N–H and O–H groups in total. The van der Waals surface area contributed by atoms with E-state index in [-0.39, 0.29) is 11.7 Å². The number of nitrogen functional groups attached to an aromatic ring is 1. The fraction of sp³-hybridized carbons (Fsp3) is 0. The topological polar surface area (TPSA) is 72.0 Å². The molecule has 0 aliphatic carbocycles. The fourth-order valence-electron chi connectivity index (χ4n) is 0.490. The molecule has 0 bridgehead atoms. The lowest BCUT2D eigenvalue weighted by Gasteiger charge is -1.95. The van der Waals surface area contributed by atoms with E-state index < -0.39 is 0 Å². The second-order valence-corrected chi connectivity index (χ2v) is 1.72. The summed E-state index contributed by atoms with van der Waals surface area (Å²) < 4.78 is 0. The zero-order valence-electron chi connectivity index (χ0n) is 5.00. The zero-order chi connectivity index (χ0) is 6.85. The summed E-state index contributed by atoms with van der Waals surface area (Å²) in [7, 11) is 1.75. The monoisotopic (exact) mass is 123 g/mol. The molecule has 0 saturated heterocycles. The van der Waals surface area contributed by atoms with Gasteiger partial charge in [0.05, 0.1) is 0 Å². The maximum atomic E-state index is 8.75.